The molecule has 0 aliphatic rings. The van der Waals surface area contributed by atoms with Gasteiger partial charge in [0.1, 0.15) is 0 Å². The summed E-state index contributed by atoms with van der Waals surface area (Å²) in [6.45, 7) is 3.70. The third-order valence-corrected chi connectivity index (χ3v) is 6.51. The molecule has 0 N–H and O–H groups in total. The first kappa shape index (κ1) is 37.6. The fourth-order valence-electron chi connectivity index (χ4n) is 3.71. The molecule has 0 saturated carbocycles. The van der Waals surface area contributed by atoms with Crippen LogP contribution >= 0.6 is 0 Å². The summed E-state index contributed by atoms with van der Waals surface area (Å²) >= 11 is 0. The van der Waals surface area contributed by atoms with Gasteiger partial charge in [-0.3, -0.25) is 14.4 Å². The van der Waals surface area contributed by atoms with E-state index in [-0.39, 0.29) is 19.3 Å². The minimum atomic E-state index is -7.56. The Balaban J connectivity index is 5.88. The summed E-state index contributed by atoms with van der Waals surface area (Å²) in [6.07, 6.45) is -10.5. The van der Waals surface area contributed by atoms with Crippen LogP contribution in [0, 0.1) is 16.7 Å². The van der Waals surface area contributed by atoms with Crippen LogP contribution in [0.3, 0.4) is 0 Å². The van der Waals surface area contributed by atoms with Gasteiger partial charge in [0.05, 0.1) is 31.0 Å². The van der Waals surface area contributed by atoms with E-state index in [2.05, 4.69) is 9.47 Å². The van der Waals surface area contributed by atoms with Gasteiger partial charge in [-0.2, -0.15) is 48.3 Å². The summed E-state index contributed by atoms with van der Waals surface area (Å²) in [5, 5.41) is 0. The van der Waals surface area contributed by atoms with Crippen molar-refractivity contribution in [1.29, 1.82) is 0 Å². The van der Waals surface area contributed by atoms with Crippen LogP contribution in [0.1, 0.15) is 53.4 Å². The number of hydrogen-bond donors (Lipinski definition) is 0. The Morgan fingerprint density at radius 1 is 0.750 bits per heavy atom. The van der Waals surface area contributed by atoms with Gasteiger partial charge in [0.25, 0.3) is 0 Å². The van der Waals surface area contributed by atoms with E-state index in [4.69, 9.17) is 0 Å². The number of halogens is 11. The molecule has 1 amide bonds. The van der Waals surface area contributed by atoms with E-state index in [0.717, 1.165) is 12.0 Å². The lowest BCUT2D eigenvalue weighted by atomic mass is 9.72. The largest absolute Gasteiger partial charge is 0.469 e. The number of nitrogens with zero attached hydrogens (tertiary/aromatic N) is 1. The standard InChI is InChI=1S/C23H32F11NO5/c1-8-18(4,12-13(14(36)35(5)6)11-17(2,3)15(37)39-7)16(38)40-10-9-19(24,25)20(26,27)21(28,29)22(30,31)23(32,33)34/h13H,8-12H2,1-7H3. The molecular weight excluding hydrogens is 579 g/mol. The van der Waals surface area contributed by atoms with Crippen molar-refractivity contribution in [3.05, 3.63) is 0 Å². The van der Waals surface area contributed by atoms with Gasteiger partial charge < -0.3 is 14.4 Å². The molecule has 0 aliphatic carbocycles. The SMILES string of the molecule is CCC(C)(CC(CC(C)(C)C(=O)OC)C(=O)N(C)C)C(=O)OCCC(F)(F)C(F)(F)C(F)(F)C(F)(F)C(F)(F)F. The van der Waals surface area contributed by atoms with Crippen molar-refractivity contribution in [3.63, 3.8) is 0 Å². The number of alkyl halides is 11. The Bertz CT molecular complexity index is 919. The molecule has 0 aromatic heterocycles. The molecule has 0 aromatic carbocycles. The molecule has 2 unspecified atom stereocenters. The van der Waals surface area contributed by atoms with E-state index in [1.807, 2.05) is 0 Å². The maximum absolute atomic E-state index is 13.9. The first-order valence-electron chi connectivity index (χ1n) is 11.6. The zero-order valence-electron chi connectivity index (χ0n) is 22.8. The highest BCUT2D eigenvalue weighted by Gasteiger charge is 2.86. The van der Waals surface area contributed by atoms with Crippen LogP contribution in [-0.2, 0) is 23.9 Å². The van der Waals surface area contributed by atoms with Gasteiger partial charge in [0, 0.05) is 20.0 Å². The molecule has 0 radical (unpaired) electrons. The highest BCUT2D eigenvalue weighted by atomic mass is 19.4. The quantitative estimate of drug-likeness (QED) is 0.175. The monoisotopic (exact) mass is 611 g/mol. The second-order valence-electron chi connectivity index (χ2n) is 10.4. The summed E-state index contributed by atoms with van der Waals surface area (Å²) in [7, 11) is 3.82. The van der Waals surface area contributed by atoms with E-state index < -0.39 is 77.5 Å². The Hall–Kier alpha value is -2.36. The maximum atomic E-state index is 13.9. The zero-order chi connectivity index (χ0) is 32.3. The maximum Gasteiger partial charge on any atom is 0.460 e. The first-order valence-corrected chi connectivity index (χ1v) is 11.6. The first-order chi connectivity index (χ1) is 17.6. The van der Waals surface area contributed by atoms with Crippen LogP contribution in [0.25, 0.3) is 0 Å². The third kappa shape index (κ3) is 7.47. The van der Waals surface area contributed by atoms with Gasteiger partial charge >= 0.3 is 41.8 Å². The van der Waals surface area contributed by atoms with Crippen LogP contribution in [0.15, 0.2) is 0 Å². The van der Waals surface area contributed by atoms with Crippen molar-refractivity contribution in [3.8, 4) is 0 Å². The van der Waals surface area contributed by atoms with Crippen molar-refractivity contribution < 1.29 is 72.2 Å². The predicted octanol–water partition coefficient (Wildman–Crippen LogP) is 6.12. The van der Waals surface area contributed by atoms with Crippen molar-refractivity contribution in [2.75, 3.05) is 27.8 Å². The Morgan fingerprint density at radius 3 is 1.60 bits per heavy atom. The lowest BCUT2D eigenvalue weighted by molar-refractivity contribution is -0.422. The van der Waals surface area contributed by atoms with Crippen LogP contribution < -0.4 is 0 Å². The topological polar surface area (TPSA) is 72.9 Å². The van der Waals surface area contributed by atoms with Gasteiger partial charge in [-0.25, -0.2) is 0 Å². The Labute approximate surface area is 223 Å². The average molecular weight is 611 g/mol. The minimum Gasteiger partial charge on any atom is -0.469 e. The number of esters is 2. The summed E-state index contributed by atoms with van der Waals surface area (Å²) in [6, 6.07) is 0. The van der Waals surface area contributed by atoms with Gasteiger partial charge in [-0.1, -0.05) is 6.92 Å². The van der Waals surface area contributed by atoms with Crippen LogP contribution in [-0.4, -0.2) is 80.4 Å². The van der Waals surface area contributed by atoms with Crippen LogP contribution in [0.4, 0.5) is 48.3 Å². The Morgan fingerprint density at radius 2 is 1.23 bits per heavy atom. The summed E-state index contributed by atoms with van der Waals surface area (Å²) < 4.78 is 154. The minimum absolute atomic E-state index is 0.149. The molecule has 17 heteroatoms. The number of rotatable bonds is 14. The summed E-state index contributed by atoms with van der Waals surface area (Å²) in [5.74, 6) is -32.2. The van der Waals surface area contributed by atoms with E-state index in [9.17, 15) is 62.7 Å². The highest BCUT2D eigenvalue weighted by molar-refractivity contribution is 5.83. The van der Waals surface area contributed by atoms with Crippen LogP contribution in [0.5, 0.6) is 0 Å². The molecule has 0 saturated heterocycles. The molecule has 40 heavy (non-hydrogen) atoms. The van der Waals surface area contributed by atoms with E-state index >= 15 is 0 Å². The summed E-state index contributed by atoms with van der Waals surface area (Å²) in [4.78, 5) is 38.7. The number of methoxy groups -OCH3 is 1. The second-order valence-corrected chi connectivity index (χ2v) is 10.4. The van der Waals surface area contributed by atoms with Gasteiger partial charge in [0.2, 0.25) is 5.91 Å². The van der Waals surface area contributed by atoms with E-state index in [1.54, 1.807) is 0 Å². The molecular formula is C23H32F11NO5. The fraction of sp³-hybridized carbons (Fsp3) is 0.870. The number of carbonyl (C=O) groups excluding carboxylic acids is 3. The van der Waals surface area contributed by atoms with Crippen molar-refractivity contribution in [2.24, 2.45) is 16.7 Å². The average Bonchev–Trinajstić information content (AvgIpc) is 2.80. The van der Waals surface area contributed by atoms with Gasteiger partial charge in [-0.05, 0) is 40.0 Å². The molecule has 0 fully saturated rings. The number of carbonyl (C=O) groups is 3. The fourth-order valence-corrected chi connectivity index (χ4v) is 3.71. The Kier molecular flexibility index (Phi) is 11.5. The summed E-state index contributed by atoms with van der Waals surface area (Å²) in [5.41, 5.74) is -2.95. The van der Waals surface area contributed by atoms with E-state index in [1.165, 1.54) is 41.8 Å². The van der Waals surface area contributed by atoms with Gasteiger partial charge in [-0.15, -0.1) is 0 Å². The molecule has 2 atom stereocenters. The molecule has 0 heterocycles. The van der Waals surface area contributed by atoms with Gasteiger partial charge in [0.15, 0.2) is 0 Å². The number of hydrogen-bond acceptors (Lipinski definition) is 5. The third-order valence-electron chi connectivity index (χ3n) is 6.51. The van der Waals surface area contributed by atoms with Crippen molar-refractivity contribution >= 4 is 17.8 Å². The molecule has 0 spiro atoms. The van der Waals surface area contributed by atoms with Crippen molar-refractivity contribution in [2.45, 2.75) is 83.2 Å². The highest BCUT2D eigenvalue weighted by Crippen LogP contribution is 2.58. The van der Waals surface area contributed by atoms with Crippen LogP contribution in [0.2, 0.25) is 0 Å². The smallest absolute Gasteiger partial charge is 0.460 e. The lowest BCUT2D eigenvalue weighted by Crippen LogP contribution is -2.66. The second kappa shape index (κ2) is 12.2. The molecule has 0 rings (SSSR count). The zero-order valence-corrected chi connectivity index (χ0v) is 22.8. The molecule has 6 nitrogen and oxygen atoms in total. The normalized spacial score (nSPS) is 16.1. The predicted molar refractivity (Wildman–Crippen MR) is 117 cm³/mol. The molecule has 0 aromatic rings. The van der Waals surface area contributed by atoms with Crippen molar-refractivity contribution in [1.82, 2.24) is 4.90 Å². The molecule has 0 aliphatic heterocycles. The number of amides is 1. The molecule has 0 bridgehead atoms. The molecule has 236 valence electrons. The van der Waals surface area contributed by atoms with E-state index in [0.29, 0.717) is 0 Å². The lowest BCUT2D eigenvalue weighted by Gasteiger charge is -2.37. The number of ether oxygens (including phenoxy) is 2.